The van der Waals surface area contributed by atoms with E-state index in [2.05, 4.69) is 18.7 Å². The van der Waals surface area contributed by atoms with Gasteiger partial charge < -0.3 is 5.73 Å². The van der Waals surface area contributed by atoms with Crippen LogP contribution in [-0.4, -0.2) is 22.5 Å². The smallest absolute Gasteiger partial charge is 0.141 e. The quantitative estimate of drug-likeness (QED) is 0.837. The summed E-state index contributed by atoms with van der Waals surface area (Å²) in [5, 5.41) is 0.140. The van der Waals surface area contributed by atoms with Crippen molar-refractivity contribution >= 4 is 28.8 Å². The van der Waals surface area contributed by atoms with Crippen LogP contribution in [0.2, 0.25) is 5.02 Å². The number of halogens is 2. The summed E-state index contributed by atoms with van der Waals surface area (Å²) in [6, 6.07) is 5.03. The molecule has 0 radical (unpaired) electrons. The van der Waals surface area contributed by atoms with E-state index in [1.165, 1.54) is 6.07 Å². The first-order valence-electron chi connectivity index (χ1n) is 5.36. The Hall–Kier alpha value is -0.710. The highest BCUT2D eigenvalue weighted by atomic mass is 35.5. The van der Waals surface area contributed by atoms with Gasteiger partial charge in [-0.2, -0.15) is 0 Å². The fourth-order valence-corrected chi connectivity index (χ4v) is 1.86. The molecule has 0 bridgehead atoms. The molecule has 0 atom stereocenters. The van der Waals surface area contributed by atoms with Gasteiger partial charge in [-0.25, -0.2) is 4.39 Å². The zero-order chi connectivity index (χ0) is 13.0. The summed E-state index contributed by atoms with van der Waals surface area (Å²) in [4.78, 5) is 2.55. The van der Waals surface area contributed by atoms with Crippen LogP contribution in [0.25, 0.3) is 0 Å². The summed E-state index contributed by atoms with van der Waals surface area (Å²) in [6.45, 7) is 5.31. The highest BCUT2D eigenvalue weighted by molar-refractivity contribution is 7.80. The van der Waals surface area contributed by atoms with Gasteiger partial charge in [-0.1, -0.05) is 29.9 Å². The lowest BCUT2D eigenvalue weighted by Crippen LogP contribution is -2.37. The third-order valence-corrected chi connectivity index (χ3v) is 2.88. The molecule has 17 heavy (non-hydrogen) atoms. The van der Waals surface area contributed by atoms with Gasteiger partial charge in [0.1, 0.15) is 5.82 Å². The van der Waals surface area contributed by atoms with Crippen molar-refractivity contribution in [1.82, 2.24) is 4.90 Å². The van der Waals surface area contributed by atoms with E-state index in [0.717, 1.165) is 5.56 Å². The lowest BCUT2D eigenvalue weighted by atomic mass is 10.2. The predicted molar refractivity (Wildman–Crippen MR) is 73.7 cm³/mol. The van der Waals surface area contributed by atoms with Crippen molar-refractivity contribution in [2.75, 3.05) is 6.54 Å². The van der Waals surface area contributed by atoms with Crippen molar-refractivity contribution in [3.63, 3.8) is 0 Å². The summed E-state index contributed by atoms with van der Waals surface area (Å²) >= 11 is 10.6. The van der Waals surface area contributed by atoms with E-state index in [4.69, 9.17) is 29.6 Å². The zero-order valence-electron chi connectivity index (χ0n) is 9.91. The van der Waals surface area contributed by atoms with Gasteiger partial charge in [0.2, 0.25) is 0 Å². The van der Waals surface area contributed by atoms with E-state index >= 15 is 0 Å². The second-order valence-corrected chi connectivity index (χ2v) is 5.15. The maximum Gasteiger partial charge on any atom is 0.141 e. The molecule has 0 saturated carbocycles. The summed E-state index contributed by atoms with van der Waals surface area (Å²) in [5.74, 6) is -0.402. The molecule has 2 nitrogen and oxygen atoms in total. The van der Waals surface area contributed by atoms with E-state index in [9.17, 15) is 4.39 Å². The first-order chi connectivity index (χ1) is 7.90. The van der Waals surface area contributed by atoms with Crippen molar-refractivity contribution < 1.29 is 4.39 Å². The van der Waals surface area contributed by atoms with Gasteiger partial charge in [0, 0.05) is 19.1 Å². The van der Waals surface area contributed by atoms with Gasteiger partial charge in [-0.15, -0.1) is 0 Å². The molecule has 0 amide bonds. The minimum Gasteiger partial charge on any atom is -0.392 e. The molecule has 0 aliphatic carbocycles. The lowest BCUT2D eigenvalue weighted by Gasteiger charge is -2.25. The zero-order valence-corrected chi connectivity index (χ0v) is 11.5. The first-order valence-corrected chi connectivity index (χ1v) is 6.15. The normalized spacial score (nSPS) is 11.2. The van der Waals surface area contributed by atoms with E-state index in [1.54, 1.807) is 12.1 Å². The number of nitrogens with zero attached hydrogens (tertiary/aromatic N) is 1. The summed E-state index contributed by atoms with van der Waals surface area (Å²) in [6.07, 6.45) is 0. The number of hydrogen-bond acceptors (Lipinski definition) is 2. The van der Waals surface area contributed by atoms with Crippen molar-refractivity contribution in [2.45, 2.75) is 26.4 Å². The fraction of sp³-hybridized carbons (Fsp3) is 0.417. The monoisotopic (exact) mass is 274 g/mol. The standard InChI is InChI=1S/C12H16ClFN2S/c1-8(2)16(7-12(15)17)6-9-3-4-11(14)10(13)5-9/h3-5,8H,6-7H2,1-2H3,(H2,15,17). The Morgan fingerprint density at radius 1 is 1.53 bits per heavy atom. The minimum atomic E-state index is -0.402. The molecule has 0 fully saturated rings. The van der Waals surface area contributed by atoms with Crippen LogP contribution in [0.4, 0.5) is 4.39 Å². The minimum absolute atomic E-state index is 0.140. The Bertz CT molecular complexity index is 409. The van der Waals surface area contributed by atoms with Crippen LogP contribution in [0.3, 0.4) is 0 Å². The molecule has 0 aliphatic heterocycles. The molecule has 0 spiro atoms. The molecule has 0 aromatic heterocycles. The number of benzene rings is 1. The Morgan fingerprint density at radius 2 is 2.18 bits per heavy atom. The molecule has 5 heteroatoms. The SMILES string of the molecule is CC(C)N(CC(N)=S)Cc1ccc(F)c(Cl)c1. The summed E-state index contributed by atoms with van der Waals surface area (Å²) < 4.78 is 13.0. The van der Waals surface area contributed by atoms with Gasteiger partial charge in [-0.3, -0.25) is 4.90 Å². The van der Waals surface area contributed by atoms with Crippen LogP contribution < -0.4 is 5.73 Å². The van der Waals surface area contributed by atoms with Crippen LogP contribution >= 0.6 is 23.8 Å². The molecule has 0 unspecified atom stereocenters. The first kappa shape index (κ1) is 14.4. The second kappa shape index (κ2) is 6.28. The van der Waals surface area contributed by atoms with E-state index in [1.807, 2.05) is 0 Å². The van der Waals surface area contributed by atoms with Crippen molar-refractivity contribution in [3.05, 3.63) is 34.6 Å². The average Bonchev–Trinajstić information content (AvgIpc) is 2.21. The molecule has 2 N–H and O–H groups in total. The van der Waals surface area contributed by atoms with Crippen molar-refractivity contribution in [1.29, 1.82) is 0 Å². The summed E-state index contributed by atoms with van der Waals surface area (Å²) in [5.41, 5.74) is 6.49. The Kier molecular flexibility index (Phi) is 5.31. The highest BCUT2D eigenvalue weighted by Gasteiger charge is 2.12. The summed E-state index contributed by atoms with van der Waals surface area (Å²) in [7, 11) is 0. The molecule has 0 saturated heterocycles. The van der Waals surface area contributed by atoms with E-state index in [-0.39, 0.29) is 5.02 Å². The third-order valence-electron chi connectivity index (χ3n) is 2.46. The van der Waals surface area contributed by atoms with Gasteiger partial charge >= 0.3 is 0 Å². The largest absolute Gasteiger partial charge is 0.392 e. The predicted octanol–water partition coefficient (Wildman–Crippen LogP) is 2.98. The van der Waals surface area contributed by atoms with E-state index in [0.29, 0.717) is 24.1 Å². The maximum atomic E-state index is 13.0. The molecular formula is C12H16ClFN2S. The van der Waals surface area contributed by atoms with Crippen LogP contribution in [0.15, 0.2) is 18.2 Å². The maximum absolute atomic E-state index is 13.0. The Morgan fingerprint density at radius 3 is 2.65 bits per heavy atom. The highest BCUT2D eigenvalue weighted by Crippen LogP contribution is 2.17. The third kappa shape index (κ3) is 4.58. The number of rotatable bonds is 5. The van der Waals surface area contributed by atoms with Gasteiger partial charge in [0.25, 0.3) is 0 Å². The van der Waals surface area contributed by atoms with Crippen molar-refractivity contribution in [3.8, 4) is 0 Å². The van der Waals surface area contributed by atoms with Gasteiger partial charge in [-0.05, 0) is 31.5 Å². The molecule has 1 rings (SSSR count). The lowest BCUT2D eigenvalue weighted by molar-refractivity contribution is 0.245. The second-order valence-electron chi connectivity index (χ2n) is 4.21. The fourth-order valence-electron chi connectivity index (χ4n) is 1.49. The molecule has 0 heterocycles. The molecule has 94 valence electrons. The van der Waals surface area contributed by atoms with Crippen LogP contribution in [0.5, 0.6) is 0 Å². The van der Waals surface area contributed by atoms with Crippen LogP contribution in [0.1, 0.15) is 19.4 Å². The van der Waals surface area contributed by atoms with Crippen molar-refractivity contribution in [2.24, 2.45) is 5.73 Å². The van der Waals surface area contributed by atoms with Gasteiger partial charge in [0.15, 0.2) is 0 Å². The molecule has 1 aromatic carbocycles. The van der Waals surface area contributed by atoms with Crippen LogP contribution in [0, 0.1) is 5.82 Å². The Balaban J connectivity index is 2.78. The number of hydrogen-bond donors (Lipinski definition) is 1. The van der Waals surface area contributed by atoms with E-state index < -0.39 is 5.82 Å². The topological polar surface area (TPSA) is 29.3 Å². The Labute approximate surface area is 112 Å². The molecule has 1 aromatic rings. The van der Waals surface area contributed by atoms with Gasteiger partial charge in [0.05, 0.1) is 10.0 Å². The number of thiocarbonyl (C=S) groups is 1. The molecular weight excluding hydrogens is 259 g/mol. The molecule has 0 aliphatic rings. The number of nitrogens with two attached hydrogens (primary N) is 1. The van der Waals surface area contributed by atoms with Crippen LogP contribution in [-0.2, 0) is 6.54 Å². The average molecular weight is 275 g/mol.